The molecule has 0 amide bonds. The van der Waals surface area contributed by atoms with E-state index in [2.05, 4.69) is 57.1 Å². The van der Waals surface area contributed by atoms with Gasteiger partial charge < -0.3 is 5.32 Å². The topological polar surface area (TPSA) is 15.3 Å². The van der Waals surface area contributed by atoms with E-state index >= 15 is 0 Å². The Morgan fingerprint density at radius 3 is 2.27 bits per heavy atom. The lowest BCUT2D eigenvalue weighted by atomic mass is 10.0. The smallest absolute Gasteiger partial charge is 0.0477 e. The SMILES string of the molecule is CCNCN(C)CC(C)C=CC(C)CC. The fourth-order valence-electron chi connectivity index (χ4n) is 1.44. The second-order valence-corrected chi connectivity index (χ2v) is 4.55. The predicted octanol–water partition coefficient (Wildman–Crippen LogP) is 2.72. The maximum atomic E-state index is 3.33. The molecule has 0 aliphatic heterocycles. The largest absolute Gasteiger partial charge is 0.305 e. The van der Waals surface area contributed by atoms with Gasteiger partial charge in [0.25, 0.3) is 0 Å². The predicted molar refractivity (Wildman–Crippen MR) is 68.9 cm³/mol. The van der Waals surface area contributed by atoms with Gasteiger partial charge in [-0.05, 0) is 25.4 Å². The first-order chi connectivity index (χ1) is 7.10. The fraction of sp³-hybridized carbons (Fsp3) is 0.846. The van der Waals surface area contributed by atoms with Crippen LogP contribution in [0.3, 0.4) is 0 Å². The molecular weight excluding hydrogens is 184 g/mol. The van der Waals surface area contributed by atoms with Crippen molar-refractivity contribution in [1.29, 1.82) is 0 Å². The second-order valence-electron chi connectivity index (χ2n) is 4.55. The Kier molecular flexibility index (Phi) is 8.73. The van der Waals surface area contributed by atoms with Gasteiger partial charge >= 0.3 is 0 Å². The van der Waals surface area contributed by atoms with Crippen molar-refractivity contribution in [2.45, 2.75) is 34.1 Å². The molecule has 0 aromatic carbocycles. The molecule has 0 heterocycles. The van der Waals surface area contributed by atoms with E-state index in [1.54, 1.807) is 0 Å². The Bertz CT molecular complexity index is 166. The lowest BCUT2D eigenvalue weighted by Crippen LogP contribution is -2.33. The molecule has 0 fully saturated rings. The molecule has 0 aliphatic rings. The zero-order valence-corrected chi connectivity index (χ0v) is 11.1. The van der Waals surface area contributed by atoms with Gasteiger partial charge in [0.15, 0.2) is 0 Å². The normalized spacial score (nSPS) is 16.1. The molecular formula is C13H28N2. The summed E-state index contributed by atoms with van der Waals surface area (Å²) in [5.74, 6) is 1.36. The molecule has 0 radical (unpaired) electrons. The van der Waals surface area contributed by atoms with E-state index in [4.69, 9.17) is 0 Å². The first kappa shape index (κ1) is 14.7. The van der Waals surface area contributed by atoms with Crippen molar-refractivity contribution in [2.24, 2.45) is 11.8 Å². The van der Waals surface area contributed by atoms with E-state index in [9.17, 15) is 0 Å². The van der Waals surface area contributed by atoms with Gasteiger partial charge in [-0.25, -0.2) is 0 Å². The molecule has 0 aromatic heterocycles. The monoisotopic (exact) mass is 212 g/mol. The van der Waals surface area contributed by atoms with Crippen LogP contribution < -0.4 is 5.32 Å². The molecule has 0 aromatic rings. The number of hydrogen-bond donors (Lipinski definition) is 1. The first-order valence-corrected chi connectivity index (χ1v) is 6.17. The van der Waals surface area contributed by atoms with Crippen LogP contribution in [0.1, 0.15) is 34.1 Å². The fourth-order valence-corrected chi connectivity index (χ4v) is 1.44. The summed E-state index contributed by atoms with van der Waals surface area (Å²) in [7, 11) is 2.16. The van der Waals surface area contributed by atoms with Crippen molar-refractivity contribution in [3.8, 4) is 0 Å². The van der Waals surface area contributed by atoms with E-state index in [1.807, 2.05) is 0 Å². The molecule has 1 N–H and O–H groups in total. The molecule has 2 atom stereocenters. The second kappa shape index (κ2) is 8.93. The van der Waals surface area contributed by atoms with E-state index in [0.717, 1.165) is 19.8 Å². The summed E-state index contributed by atoms with van der Waals surface area (Å²) >= 11 is 0. The van der Waals surface area contributed by atoms with Crippen molar-refractivity contribution >= 4 is 0 Å². The van der Waals surface area contributed by atoms with Crippen LogP contribution in [-0.2, 0) is 0 Å². The molecule has 0 aliphatic carbocycles. The third-order valence-electron chi connectivity index (χ3n) is 2.64. The summed E-state index contributed by atoms with van der Waals surface area (Å²) in [5, 5.41) is 3.33. The third-order valence-corrected chi connectivity index (χ3v) is 2.64. The Hall–Kier alpha value is -0.340. The molecule has 0 bridgehead atoms. The van der Waals surface area contributed by atoms with Gasteiger partial charge in [0.05, 0.1) is 0 Å². The summed E-state index contributed by atoms with van der Waals surface area (Å²) in [6, 6.07) is 0. The van der Waals surface area contributed by atoms with Crippen LogP contribution in [0.25, 0.3) is 0 Å². The minimum absolute atomic E-state index is 0.641. The van der Waals surface area contributed by atoms with Gasteiger partial charge in [0.2, 0.25) is 0 Å². The van der Waals surface area contributed by atoms with E-state index in [0.29, 0.717) is 11.8 Å². The van der Waals surface area contributed by atoms with E-state index < -0.39 is 0 Å². The van der Waals surface area contributed by atoms with Gasteiger partial charge in [0, 0.05) is 13.2 Å². The molecule has 2 unspecified atom stereocenters. The van der Waals surface area contributed by atoms with Gasteiger partial charge in [-0.3, -0.25) is 4.90 Å². The average molecular weight is 212 g/mol. The van der Waals surface area contributed by atoms with Gasteiger partial charge in [0.1, 0.15) is 0 Å². The first-order valence-electron chi connectivity index (χ1n) is 6.17. The highest BCUT2D eigenvalue weighted by atomic mass is 15.2. The van der Waals surface area contributed by atoms with E-state index in [-0.39, 0.29) is 0 Å². The van der Waals surface area contributed by atoms with Crippen LogP contribution in [0.15, 0.2) is 12.2 Å². The Morgan fingerprint density at radius 1 is 1.13 bits per heavy atom. The molecule has 0 spiro atoms. The Morgan fingerprint density at radius 2 is 1.73 bits per heavy atom. The zero-order chi connectivity index (χ0) is 11.7. The number of nitrogens with zero attached hydrogens (tertiary/aromatic N) is 1. The zero-order valence-electron chi connectivity index (χ0n) is 11.1. The third kappa shape index (κ3) is 8.64. The van der Waals surface area contributed by atoms with Crippen LogP contribution >= 0.6 is 0 Å². The highest BCUT2D eigenvalue weighted by Crippen LogP contribution is 2.06. The van der Waals surface area contributed by atoms with Crippen LogP contribution in [-0.4, -0.2) is 31.7 Å². The standard InChI is InChI=1S/C13H28N2/c1-6-12(3)8-9-13(4)10-15(5)11-14-7-2/h8-9,12-14H,6-7,10-11H2,1-5H3. The van der Waals surface area contributed by atoms with Gasteiger partial charge in [-0.2, -0.15) is 0 Å². The Labute approximate surface area is 95.7 Å². The van der Waals surface area contributed by atoms with Crippen LogP contribution in [0.2, 0.25) is 0 Å². The Balaban J connectivity index is 3.71. The maximum absolute atomic E-state index is 3.33. The molecule has 90 valence electrons. The summed E-state index contributed by atoms with van der Waals surface area (Å²) in [6.07, 6.45) is 5.92. The van der Waals surface area contributed by atoms with Crippen LogP contribution in [0, 0.1) is 11.8 Å². The number of nitrogens with one attached hydrogen (secondary N) is 1. The van der Waals surface area contributed by atoms with Crippen LogP contribution in [0.4, 0.5) is 0 Å². The summed E-state index contributed by atoms with van der Waals surface area (Å²) in [5.41, 5.74) is 0. The van der Waals surface area contributed by atoms with Gasteiger partial charge in [-0.1, -0.05) is 46.3 Å². The number of rotatable bonds is 8. The van der Waals surface area contributed by atoms with Crippen molar-refractivity contribution in [2.75, 3.05) is 26.8 Å². The number of hydrogen-bond acceptors (Lipinski definition) is 2. The van der Waals surface area contributed by atoms with Gasteiger partial charge in [-0.15, -0.1) is 0 Å². The van der Waals surface area contributed by atoms with Crippen molar-refractivity contribution in [1.82, 2.24) is 10.2 Å². The highest BCUT2D eigenvalue weighted by molar-refractivity contribution is 4.90. The minimum Gasteiger partial charge on any atom is -0.305 e. The quantitative estimate of drug-likeness (QED) is 0.491. The summed E-state index contributed by atoms with van der Waals surface area (Å²) in [6.45, 7) is 12.1. The van der Waals surface area contributed by atoms with Crippen molar-refractivity contribution in [3.63, 3.8) is 0 Å². The molecule has 2 nitrogen and oxygen atoms in total. The average Bonchev–Trinajstić information content (AvgIpc) is 2.22. The minimum atomic E-state index is 0.641. The lowest BCUT2D eigenvalue weighted by Gasteiger charge is -2.19. The summed E-state index contributed by atoms with van der Waals surface area (Å²) < 4.78 is 0. The molecule has 0 rings (SSSR count). The number of allylic oxidation sites excluding steroid dienone is 1. The van der Waals surface area contributed by atoms with E-state index in [1.165, 1.54) is 6.42 Å². The lowest BCUT2D eigenvalue weighted by molar-refractivity contribution is 0.287. The maximum Gasteiger partial charge on any atom is 0.0477 e. The molecule has 15 heavy (non-hydrogen) atoms. The van der Waals surface area contributed by atoms with Crippen molar-refractivity contribution in [3.05, 3.63) is 12.2 Å². The summed E-state index contributed by atoms with van der Waals surface area (Å²) in [4.78, 5) is 2.33. The highest BCUT2D eigenvalue weighted by Gasteiger charge is 2.02. The molecule has 0 saturated heterocycles. The van der Waals surface area contributed by atoms with Crippen molar-refractivity contribution < 1.29 is 0 Å². The van der Waals surface area contributed by atoms with Crippen LogP contribution in [0.5, 0.6) is 0 Å². The molecule has 0 saturated carbocycles. The molecule has 2 heteroatoms.